The van der Waals surface area contributed by atoms with Gasteiger partial charge in [-0.05, 0) is 19.0 Å². The molecule has 0 radical (unpaired) electrons. The van der Waals surface area contributed by atoms with Gasteiger partial charge >= 0.3 is 0 Å². The summed E-state index contributed by atoms with van der Waals surface area (Å²) in [6.07, 6.45) is 1.04. The predicted molar refractivity (Wildman–Crippen MR) is 61.0 cm³/mol. The summed E-state index contributed by atoms with van der Waals surface area (Å²) in [5.41, 5.74) is 7.23. The van der Waals surface area contributed by atoms with Crippen LogP contribution in [0.4, 0.5) is 0 Å². The molecule has 0 aliphatic rings. The Morgan fingerprint density at radius 3 is 2.50 bits per heavy atom. The molecule has 0 aromatic heterocycles. The molecule has 0 amide bonds. The molecule has 0 fully saturated rings. The fourth-order valence-corrected chi connectivity index (χ4v) is 1.49. The number of rotatable bonds is 5. The summed E-state index contributed by atoms with van der Waals surface area (Å²) in [7, 11) is 2.11. The molecule has 1 aromatic rings. The normalized spacial score (nSPS) is 13.1. The highest BCUT2D eigenvalue weighted by Gasteiger charge is 2.04. The molecule has 2 N–H and O–H groups in total. The van der Waals surface area contributed by atoms with Crippen LogP contribution in [-0.4, -0.2) is 24.5 Å². The zero-order chi connectivity index (χ0) is 10.4. The molecule has 1 atom stereocenters. The fraction of sp³-hybridized carbons (Fsp3) is 0.500. The van der Waals surface area contributed by atoms with E-state index in [4.69, 9.17) is 5.73 Å². The SMILES string of the molecule is CCC(N)CN(C)Cc1ccccc1. The van der Waals surface area contributed by atoms with Crippen molar-refractivity contribution in [1.29, 1.82) is 0 Å². The summed E-state index contributed by atoms with van der Waals surface area (Å²) < 4.78 is 0. The quantitative estimate of drug-likeness (QED) is 0.771. The zero-order valence-corrected chi connectivity index (χ0v) is 9.11. The molecule has 2 heteroatoms. The summed E-state index contributed by atoms with van der Waals surface area (Å²) in [5, 5.41) is 0. The molecule has 0 saturated heterocycles. The summed E-state index contributed by atoms with van der Waals surface area (Å²) in [6.45, 7) is 4.07. The molecule has 78 valence electrons. The van der Waals surface area contributed by atoms with Crippen LogP contribution in [0.3, 0.4) is 0 Å². The van der Waals surface area contributed by atoms with Crippen LogP contribution in [-0.2, 0) is 6.54 Å². The molecule has 0 bridgehead atoms. The first-order chi connectivity index (χ1) is 6.72. The standard InChI is InChI=1S/C12H20N2/c1-3-12(13)10-14(2)9-11-7-5-4-6-8-11/h4-8,12H,3,9-10,13H2,1-2H3. The van der Waals surface area contributed by atoms with Gasteiger partial charge in [-0.1, -0.05) is 37.3 Å². The van der Waals surface area contributed by atoms with E-state index in [2.05, 4.69) is 43.1 Å². The van der Waals surface area contributed by atoms with Gasteiger partial charge in [-0.25, -0.2) is 0 Å². The highest BCUT2D eigenvalue weighted by molar-refractivity contribution is 5.14. The largest absolute Gasteiger partial charge is 0.327 e. The Kier molecular flexibility index (Phi) is 4.63. The monoisotopic (exact) mass is 192 g/mol. The van der Waals surface area contributed by atoms with Crippen molar-refractivity contribution in [3.63, 3.8) is 0 Å². The maximum absolute atomic E-state index is 5.89. The Morgan fingerprint density at radius 2 is 1.93 bits per heavy atom. The number of likely N-dealkylation sites (N-methyl/N-ethyl adjacent to an activating group) is 1. The van der Waals surface area contributed by atoms with E-state index in [-0.39, 0.29) is 0 Å². The van der Waals surface area contributed by atoms with Gasteiger partial charge < -0.3 is 10.6 Å². The Balaban J connectivity index is 2.37. The Bertz CT molecular complexity index is 246. The van der Waals surface area contributed by atoms with E-state index in [9.17, 15) is 0 Å². The van der Waals surface area contributed by atoms with Gasteiger partial charge in [0.25, 0.3) is 0 Å². The van der Waals surface area contributed by atoms with Gasteiger partial charge in [0.15, 0.2) is 0 Å². The van der Waals surface area contributed by atoms with Crippen molar-refractivity contribution in [2.45, 2.75) is 25.9 Å². The van der Waals surface area contributed by atoms with Crippen molar-refractivity contribution in [3.8, 4) is 0 Å². The number of benzene rings is 1. The lowest BCUT2D eigenvalue weighted by Gasteiger charge is -2.20. The van der Waals surface area contributed by atoms with E-state index in [1.807, 2.05) is 6.07 Å². The summed E-state index contributed by atoms with van der Waals surface area (Å²) in [5.74, 6) is 0. The van der Waals surface area contributed by atoms with Gasteiger partial charge in [0.05, 0.1) is 0 Å². The van der Waals surface area contributed by atoms with E-state index < -0.39 is 0 Å². The molecule has 0 aliphatic heterocycles. The summed E-state index contributed by atoms with van der Waals surface area (Å²) >= 11 is 0. The van der Waals surface area contributed by atoms with Gasteiger partial charge in [0.2, 0.25) is 0 Å². The maximum atomic E-state index is 5.89. The minimum atomic E-state index is 0.295. The first kappa shape index (κ1) is 11.2. The van der Waals surface area contributed by atoms with E-state index in [0.29, 0.717) is 6.04 Å². The molecule has 0 saturated carbocycles. The van der Waals surface area contributed by atoms with E-state index >= 15 is 0 Å². The van der Waals surface area contributed by atoms with Crippen molar-refractivity contribution < 1.29 is 0 Å². The summed E-state index contributed by atoms with van der Waals surface area (Å²) in [6, 6.07) is 10.8. The fourth-order valence-electron chi connectivity index (χ4n) is 1.49. The highest BCUT2D eigenvalue weighted by Crippen LogP contribution is 2.03. The average Bonchev–Trinajstić information content (AvgIpc) is 2.19. The molecule has 0 spiro atoms. The molecule has 2 nitrogen and oxygen atoms in total. The lowest BCUT2D eigenvalue weighted by Crippen LogP contribution is -2.34. The second-order valence-electron chi connectivity index (χ2n) is 3.85. The van der Waals surface area contributed by atoms with Crippen LogP contribution in [0.5, 0.6) is 0 Å². The van der Waals surface area contributed by atoms with Crippen LogP contribution in [0.2, 0.25) is 0 Å². The van der Waals surface area contributed by atoms with Crippen LogP contribution in [0.25, 0.3) is 0 Å². The number of nitrogens with zero attached hydrogens (tertiary/aromatic N) is 1. The average molecular weight is 192 g/mol. The third-order valence-corrected chi connectivity index (χ3v) is 2.37. The second kappa shape index (κ2) is 5.78. The van der Waals surface area contributed by atoms with Gasteiger partial charge in [-0.2, -0.15) is 0 Å². The van der Waals surface area contributed by atoms with Gasteiger partial charge in [0.1, 0.15) is 0 Å². The van der Waals surface area contributed by atoms with Crippen LogP contribution in [0.1, 0.15) is 18.9 Å². The van der Waals surface area contributed by atoms with Crippen molar-refractivity contribution in [2.24, 2.45) is 5.73 Å². The van der Waals surface area contributed by atoms with Gasteiger partial charge in [-0.3, -0.25) is 0 Å². The second-order valence-corrected chi connectivity index (χ2v) is 3.85. The van der Waals surface area contributed by atoms with Crippen molar-refractivity contribution >= 4 is 0 Å². The van der Waals surface area contributed by atoms with Crippen LogP contribution in [0, 0.1) is 0 Å². The lowest BCUT2D eigenvalue weighted by atomic mass is 10.2. The van der Waals surface area contributed by atoms with Crippen LogP contribution in [0.15, 0.2) is 30.3 Å². The van der Waals surface area contributed by atoms with Crippen LogP contribution >= 0.6 is 0 Å². The minimum absolute atomic E-state index is 0.295. The zero-order valence-electron chi connectivity index (χ0n) is 9.11. The minimum Gasteiger partial charge on any atom is -0.327 e. The molecule has 0 aliphatic carbocycles. The molecule has 1 unspecified atom stereocenters. The third-order valence-electron chi connectivity index (χ3n) is 2.37. The number of nitrogens with two attached hydrogens (primary N) is 1. The van der Waals surface area contributed by atoms with Gasteiger partial charge in [-0.15, -0.1) is 0 Å². The van der Waals surface area contributed by atoms with Crippen LogP contribution < -0.4 is 5.73 Å². The van der Waals surface area contributed by atoms with Crippen molar-refractivity contribution in [2.75, 3.05) is 13.6 Å². The molecular weight excluding hydrogens is 172 g/mol. The molecule has 0 heterocycles. The van der Waals surface area contributed by atoms with Crippen molar-refractivity contribution in [3.05, 3.63) is 35.9 Å². The Morgan fingerprint density at radius 1 is 1.29 bits per heavy atom. The van der Waals surface area contributed by atoms with E-state index in [1.165, 1.54) is 5.56 Å². The van der Waals surface area contributed by atoms with E-state index in [1.54, 1.807) is 0 Å². The van der Waals surface area contributed by atoms with Gasteiger partial charge in [0, 0.05) is 19.1 Å². The molecule has 14 heavy (non-hydrogen) atoms. The molecule has 1 aromatic carbocycles. The first-order valence-corrected chi connectivity index (χ1v) is 5.20. The maximum Gasteiger partial charge on any atom is 0.0231 e. The number of hydrogen-bond donors (Lipinski definition) is 1. The number of hydrogen-bond acceptors (Lipinski definition) is 2. The van der Waals surface area contributed by atoms with Crippen molar-refractivity contribution in [1.82, 2.24) is 4.90 Å². The highest BCUT2D eigenvalue weighted by atomic mass is 15.1. The predicted octanol–water partition coefficient (Wildman–Crippen LogP) is 1.86. The molecule has 1 rings (SSSR count). The Hall–Kier alpha value is -0.860. The lowest BCUT2D eigenvalue weighted by molar-refractivity contribution is 0.300. The first-order valence-electron chi connectivity index (χ1n) is 5.20. The van der Waals surface area contributed by atoms with E-state index in [0.717, 1.165) is 19.5 Å². The molecular formula is C12H20N2. The third kappa shape index (κ3) is 3.90. The smallest absolute Gasteiger partial charge is 0.0231 e. The topological polar surface area (TPSA) is 29.3 Å². The Labute approximate surface area is 86.7 Å². The summed E-state index contributed by atoms with van der Waals surface area (Å²) in [4.78, 5) is 2.27.